The number of carboxylic acid groups (broad SMARTS) is 1. The zero-order valence-corrected chi connectivity index (χ0v) is 12.8. The van der Waals surface area contributed by atoms with Crippen LogP contribution in [0.4, 0.5) is 9.93 Å². The Hall–Kier alpha value is -1.96. The summed E-state index contributed by atoms with van der Waals surface area (Å²) in [4.78, 5) is 37.6. The van der Waals surface area contributed by atoms with E-state index in [4.69, 9.17) is 5.11 Å². The first kappa shape index (κ1) is 17.1. The summed E-state index contributed by atoms with van der Waals surface area (Å²) < 4.78 is 0. The topological polar surface area (TPSA) is 108 Å². The van der Waals surface area contributed by atoms with E-state index in [1.54, 1.807) is 0 Å². The Kier molecular flexibility index (Phi) is 6.80. The molecule has 0 aliphatic carbocycles. The van der Waals surface area contributed by atoms with Crippen LogP contribution in [0.1, 0.15) is 51.1 Å². The van der Waals surface area contributed by atoms with Gasteiger partial charge in [0, 0.05) is 18.2 Å². The van der Waals surface area contributed by atoms with Gasteiger partial charge in [-0.15, -0.1) is 11.3 Å². The Labute approximate surface area is 126 Å². The number of unbranched alkanes of at least 4 members (excludes halogenated alkanes) is 1. The molecular weight excluding hydrogens is 294 g/mol. The highest BCUT2D eigenvalue weighted by Crippen LogP contribution is 2.21. The van der Waals surface area contributed by atoms with Gasteiger partial charge >= 0.3 is 12.0 Å². The Morgan fingerprint density at radius 2 is 1.95 bits per heavy atom. The van der Waals surface area contributed by atoms with Crippen LogP contribution in [0.5, 0.6) is 0 Å². The lowest BCUT2D eigenvalue weighted by molar-refractivity contribution is -0.137. The van der Waals surface area contributed by atoms with Crippen LogP contribution in [-0.4, -0.2) is 28.0 Å². The maximum Gasteiger partial charge on any atom is 0.327 e. The summed E-state index contributed by atoms with van der Waals surface area (Å²) in [5.41, 5.74) is 0.885. The molecule has 21 heavy (non-hydrogen) atoms. The van der Waals surface area contributed by atoms with Crippen molar-refractivity contribution in [3.05, 3.63) is 11.1 Å². The van der Waals surface area contributed by atoms with Crippen LogP contribution < -0.4 is 10.6 Å². The molecule has 1 heterocycles. The highest BCUT2D eigenvalue weighted by molar-refractivity contribution is 7.13. The van der Waals surface area contributed by atoms with Gasteiger partial charge in [0.1, 0.15) is 0 Å². The molecule has 0 aliphatic rings. The van der Waals surface area contributed by atoms with Crippen molar-refractivity contribution < 1.29 is 19.5 Å². The lowest BCUT2D eigenvalue weighted by Gasteiger charge is -2.04. The fourth-order valence-corrected chi connectivity index (χ4v) is 2.36. The Bertz CT molecular complexity index is 513. The van der Waals surface area contributed by atoms with Gasteiger partial charge in [-0.3, -0.25) is 20.2 Å². The molecule has 1 aromatic rings. The summed E-state index contributed by atoms with van der Waals surface area (Å²) in [5, 5.41) is 15.4. The second-order valence-electron chi connectivity index (χ2n) is 4.84. The molecule has 0 spiro atoms. The first-order valence-electron chi connectivity index (χ1n) is 6.66. The molecule has 3 N–H and O–H groups in total. The molecule has 0 aromatic carbocycles. The molecule has 1 rings (SSSR count). The summed E-state index contributed by atoms with van der Waals surface area (Å²) in [6.07, 6.45) is 0.987. The molecule has 0 unspecified atom stereocenters. The van der Waals surface area contributed by atoms with E-state index >= 15 is 0 Å². The Balaban J connectivity index is 2.29. The predicted molar refractivity (Wildman–Crippen MR) is 79.5 cm³/mol. The number of nitrogens with zero attached hydrogens (tertiary/aromatic N) is 1. The third kappa shape index (κ3) is 6.84. The van der Waals surface area contributed by atoms with Gasteiger partial charge in [0.05, 0.1) is 5.69 Å². The highest BCUT2D eigenvalue weighted by Gasteiger charge is 2.11. The predicted octanol–water partition coefficient (Wildman–Crippen LogP) is 2.56. The largest absolute Gasteiger partial charge is 0.481 e. The number of aromatic nitrogens is 1. The number of carboxylic acids is 1. The van der Waals surface area contributed by atoms with Gasteiger partial charge < -0.3 is 5.11 Å². The minimum Gasteiger partial charge on any atom is -0.481 e. The summed E-state index contributed by atoms with van der Waals surface area (Å²) in [7, 11) is 0. The maximum absolute atomic E-state index is 11.6. The number of urea groups is 1. The normalized spacial score (nSPS) is 10.4. The van der Waals surface area contributed by atoms with Crippen molar-refractivity contribution in [1.29, 1.82) is 0 Å². The summed E-state index contributed by atoms with van der Waals surface area (Å²) in [6, 6.07) is -0.622. The van der Waals surface area contributed by atoms with Crippen LogP contribution >= 0.6 is 11.3 Å². The van der Waals surface area contributed by atoms with Crippen LogP contribution in [0, 0.1) is 0 Å². The van der Waals surface area contributed by atoms with Crippen LogP contribution in [0.3, 0.4) is 0 Å². The summed E-state index contributed by atoms with van der Waals surface area (Å²) >= 11 is 1.30. The van der Waals surface area contributed by atoms with E-state index in [2.05, 4.69) is 15.6 Å². The third-order valence-corrected chi connectivity index (χ3v) is 3.41. The number of hydrogen-bond acceptors (Lipinski definition) is 5. The molecule has 0 atom stereocenters. The first-order valence-corrected chi connectivity index (χ1v) is 7.54. The monoisotopic (exact) mass is 313 g/mol. The number of hydrogen-bond donors (Lipinski definition) is 3. The number of aliphatic carboxylic acids is 1. The number of anilines is 1. The molecule has 3 amide bonds. The zero-order valence-electron chi connectivity index (χ0n) is 12.0. The number of amides is 3. The zero-order chi connectivity index (χ0) is 15.8. The number of imide groups is 1. The summed E-state index contributed by atoms with van der Waals surface area (Å²) in [6.45, 7) is 4.00. The number of rotatable bonds is 7. The minimum atomic E-state index is -0.891. The third-order valence-electron chi connectivity index (χ3n) is 2.63. The Morgan fingerprint density at radius 3 is 2.52 bits per heavy atom. The molecule has 0 radical (unpaired) electrons. The SMILES string of the molecule is CC(C)c1csc(NC(=O)NC(=O)CCCCC(=O)O)n1. The number of carbonyl (C=O) groups excluding carboxylic acids is 2. The van der Waals surface area contributed by atoms with Crippen molar-refractivity contribution >= 4 is 34.4 Å². The minimum absolute atomic E-state index is 0.0244. The molecule has 0 saturated carbocycles. The second-order valence-corrected chi connectivity index (χ2v) is 5.69. The van der Waals surface area contributed by atoms with Crippen molar-refractivity contribution in [2.75, 3.05) is 5.32 Å². The molecule has 116 valence electrons. The van der Waals surface area contributed by atoms with E-state index in [9.17, 15) is 14.4 Å². The van der Waals surface area contributed by atoms with Crippen molar-refractivity contribution in [3.8, 4) is 0 Å². The van der Waals surface area contributed by atoms with E-state index in [1.165, 1.54) is 11.3 Å². The van der Waals surface area contributed by atoms with Crippen molar-refractivity contribution in [3.63, 3.8) is 0 Å². The smallest absolute Gasteiger partial charge is 0.327 e. The van der Waals surface area contributed by atoms with E-state index < -0.39 is 17.9 Å². The standard InChI is InChI=1S/C13H19N3O4S/c1-8(2)9-7-21-13(14-9)16-12(20)15-10(17)5-3-4-6-11(18)19/h7-8H,3-6H2,1-2H3,(H,18,19)(H2,14,15,16,17,20). The number of nitrogens with one attached hydrogen (secondary N) is 2. The van der Waals surface area contributed by atoms with Gasteiger partial charge in [0.15, 0.2) is 5.13 Å². The van der Waals surface area contributed by atoms with Gasteiger partial charge in [-0.1, -0.05) is 13.8 Å². The lowest BCUT2D eigenvalue weighted by Crippen LogP contribution is -2.34. The van der Waals surface area contributed by atoms with Crippen molar-refractivity contribution in [1.82, 2.24) is 10.3 Å². The molecule has 1 aromatic heterocycles. The van der Waals surface area contributed by atoms with Crippen molar-refractivity contribution in [2.45, 2.75) is 45.4 Å². The molecule has 0 bridgehead atoms. The molecule has 8 heteroatoms. The van der Waals surface area contributed by atoms with E-state index in [0.29, 0.717) is 18.0 Å². The maximum atomic E-state index is 11.6. The van der Waals surface area contributed by atoms with Crippen LogP contribution in [0.2, 0.25) is 0 Å². The van der Waals surface area contributed by atoms with Gasteiger partial charge in [0.25, 0.3) is 0 Å². The highest BCUT2D eigenvalue weighted by atomic mass is 32.1. The lowest BCUT2D eigenvalue weighted by atomic mass is 10.2. The van der Waals surface area contributed by atoms with Crippen LogP contribution in [0.25, 0.3) is 0 Å². The second kappa shape index (κ2) is 8.35. The molecular formula is C13H19N3O4S. The molecule has 0 saturated heterocycles. The van der Waals surface area contributed by atoms with Gasteiger partial charge in [0.2, 0.25) is 5.91 Å². The quantitative estimate of drug-likeness (QED) is 0.670. The van der Waals surface area contributed by atoms with Crippen LogP contribution in [-0.2, 0) is 9.59 Å². The van der Waals surface area contributed by atoms with Gasteiger partial charge in [-0.25, -0.2) is 9.78 Å². The number of carbonyl (C=O) groups is 3. The average Bonchev–Trinajstić information content (AvgIpc) is 2.82. The fraction of sp³-hybridized carbons (Fsp3) is 0.538. The molecule has 0 aliphatic heterocycles. The summed E-state index contributed by atoms with van der Waals surface area (Å²) in [5.74, 6) is -1.05. The fourth-order valence-electron chi connectivity index (χ4n) is 1.49. The average molecular weight is 313 g/mol. The Morgan fingerprint density at radius 1 is 1.29 bits per heavy atom. The van der Waals surface area contributed by atoms with Crippen molar-refractivity contribution in [2.24, 2.45) is 0 Å². The van der Waals surface area contributed by atoms with E-state index in [1.807, 2.05) is 19.2 Å². The molecule has 0 fully saturated rings. The molecule has 7 nitrogen and oxygen atoms in total. The first-order chi connectivity index (χ1) is 9.88. The van der Waals surface area contributed by atoms with E-state index in [-0.39, 0.29) is 18.8 Å². The number of thiazole rings is 1. The van der Waals surface area contributed by atoms with E-state index in [0.717, 1.165) is 5.69 Å². The van der Waals surface area contributed by atoms with Crippen LogP contribution in [0.15, 0.2) is 5.38 Å². The van der Waals surface area contributed by atoms with Gasteiger partial charge in [-0.05, 0) is 18.8 Å². The van der Waals surface area contributed by atoms with Gasteiger partial charge in [-0.2, -0.15) is 0 Å².